The van der Waals surface area contributed by atoms with Crippen molar-refractivity contribution in [2.45, 2.75) is 190 Å². The highest BCUT2D eigenvalue weighted by molar-refractivity contribution is 5.73. The van der Waals surface area contributed by atoms with Gasteiger partial charge in [0.15, 0.2) is 0 Å². The molecule has 8 aliphatic rings. The highest BCUT2D eigenvalue weighted by Crippen LogP contribution is 2.58. The number of nitrogens with zero attached hydrogens (tertiary/aromatic N) is 2. The van der Waals surface area contributed by atoms with Crippen molar-refractivity contribution in [2.24, 2.45) is 23.7 Å². The number of carbonyl (C=O) groups is 2. The summed E-state index contributed by atoms with van der Waals surface area (Å²) in [4.78, 5) is 31.8. The van der Waals surface area contributed by atoms with Gasteiger partial charge in [0.05, 0.1) is 0 Å². The molecule has 2 aliphatic heterocycles. The molecule has 10 rings (SSSR count). The third kappa shape index (κ3) is 7.62. The zero-order valence-corrected chi connectivity index (χ0v) is 35.7. The second kappa shape index (κ2) is 17.0. The van der Waals surface area contributed by atoms with Crippen LogP contribution in [0.2, 0.25) is 0 Å². The fourth-order valence-electron chi connectivity index (χ4n) is 14.3. The van der Waals surface area contributed by atoms with Gasteiger partial charge in [-0.25, -0.2) is 0 Å². The molecule has 2 saturated heterocycles. The van der Waals surface area contributed by atoms with Crippen molar-refractivity contribution < 1.29 is 19.1 Å². The summed E-state index contributed by atoms with van der Waals surface area (Å²) in [7, 11) is 0. The molecule has 2 aromatic rings. The molecule has 6 aliphatic carbocycles. The molecule has 58 heavy (non-hydrogen) atoms. The summed E-state index contributed by atoms with van der Waals surface area (Å²) < 4.78 is 12.0. The minimum Gasteiger partial charge on any atom is -0.427 e. The summed E-state index contributed by atoms with van der Waals surface area (Å²) in [6.07, 6.45) is 31.0. The number of benzene rings is 2. The van der Waals surface area contributed by atoms with Crippen molar-refractivity contribution in [2.75, 3.05) is 26.2 Å². The molecule has 0 amide bonds. The molecular weight excluding hydrogens is 717 g/mol. The first-order valence-corrected chi connectivity index (χ1v) is 24.6. The summed E-state index contributed by atoms with van der Waals surface area (Å²) in [5.74, 6) is 4.68. The summed E-state index contributed by atoms with van der Waals surface area (Å²) in [5.41, 5.74) is 6.61. The standard InChI is InChI=1S/C52H72N2O4/c55-49(57-41-23-21-39-31-47-43-17-7-9-25-51(43,45(39)33-41)27-29-53(47)35-37-13-11-14-37)19-5-3-1-2-4-6-20-50(56)58-42-24-22-40-32-48-44-18-8-10-26-52(44,46(40)34-42)28-30-54(48)36-38-15-12-16-38/h21-24,33-34,37-38,43-44,47-48H,1-20,25-32,35-36H2/t43-,44-,47-,48-,51+,52+/m0/s1. The number of unbranched alkanes of at least 4 members (excludes halogenated alkanes) is 5. The Morgan fingerprint density at radius 1 is 0.534 bits per heavy atom. The van der Waals surface area contributed by atoms with Gasteiger partial charge in [0.1, 0.15) is 11.5 Å². The van der Waals surface area contributed by atoms with E-state index >= 15 is 0 Å². The van der Waals surface area contributed by atoms with E-state index in [0.29, 0.717) is 24.9 Å². The number of esters is 2. The quantitative estimate of drug-likeness (QED) is 0.102. The van der Waals surface area contributed by atoms with E-state index in [1.54, 1.807) is 0 Å². The van der Waals surface area contributed by atoms with Crippen LogP contribution in [0.4, 0.5) is 0 Å². The van der Waals surface area contributed by atoms with Crippen molar-refractivity contribution >= 4 is 11.9 Å². The maximum absolute atomic E-state index is 13.0. The predicted octanol–water partition coefficient (Wildman–Crippen LogP) is 11.0. The molecule has 6 fully saturated rings. The van der Waals surface area contributed by atoms with E-state index in [1.807, 2.05) is 0 Å². The smallest absolute Gasteiger partial charge is 0.311 e. The molecule has 0 aromatic heterocycles. The van der Waals surface area contributed by atoms with Crippen LogP contribution in [-0.4, -0.2) is 60.0 Å². The van der Waals surface area contributed by atoms with Crippen LogP contribution in [-0.2, 0) is 33.3 Å². The maximum atomic E-state index is 13.0. The summed E-state index contributed by atoms with van der Waals surface area (Å²) >= 11 is 0. The average Bonchev–Trinajstić information content (AvgIpc) is 3.20. The zero-order valence-electron chi connectivity index (χ0n) is 35.7. The molecule has 0 spiro atoms. The lowest BCUT2D eigenvalue weighted by Crippen LogP contribution is -2.61. The molecule has 0 radical (unpaired) electrons. The minimum absolute atomic E-state index is 0.0978. The van der Waals surface area contributed by atoms with Gasteiger partial charge in [0.2, 0.25) is 0 Å². The molecule has 6 heteroatoms. The van der Waals surface area contributed by atoms with E-state index in [1.165, 1.54) is 164 Å². The normalized spacial score (nSPS) is 31.8. The van der Waals surface area contributed by atoms with E-state index in [-0.39, 0.29) is 22.8 Å². The topological polar surface area (TPSA) is 59.1 Å². The molecule has 4 saturated carbocycles. The molecule has 0 unspecified atom stereocenters. The van der Waals surface area contributed by atoms with Crippen molar-refractivity contribution in [3.8, 4) is 11.5 Å². The zero-order chi connectivity index (χ0) is 39.1. The molecule has 314 valence electrons. The lowest BCUT2D eigenvalue weighted by molar-refractivity contribution is -0.135. The molecular formula is C52H72N2O4. The van der Waals surface area contributed by atoms with Crippen molar-refractivity contribution in [3.63, 3.8) is 0 Å². The van der Waals surface area contributed by atoms with Gasteiger partial charge in [0.25, 0.3) is 0 Å². The molecule has 0 N–H and O–H groups in total. The third-order valence-corrected chi connectivity index (χ3v) is 17.8. The van der Waals surface area contributed by atoms with E-state index in [9.17, 15) is 9.59 Å². The molecule has 4 bridgehead atoms. The summed E-state index contributed by atoms with van der Waals surface area (Å²) in [5, 5.41) is 0. The second-order valence-corrected chi connectivity index (χ2v) is 20.9. The number of rotatable bonds is 15. The SMILES string of the molecule is O=C(CCCCCCCCC(=O)Oc1ccc2c(c1)[C@@]13CCCC[C@H]1[C@H](C2)N(CC1CCC1)CC3)Oc1ccc2c(c1)[C@@]13CCCC[C@H]1[C@H](C2)N(CC1CCC1)CC3. The third-order valence-electron chi connectivity index (χ3n) is 17.8. The number of hydrogen-bond acceptors (Lipinski definition) is 6. The minimum atomic E-state index is -0.0978. The molecule has 6 atom stereocenters. The summed E-state index contributed by atoms with van der Waals surface area (Å²) in [6.45, 7) is 5.10. The average molecular weight is 789 g/mol. The number of piperidine rings is 2. The first-order chi connectivity index (χ1) is 28.5. The Morgan fingerprint density at radius 3 is 1.41 bits per heavy atom. The van der Waals surface area contributed by atoms with Crippen molar-refractivity contribution in [3.05, 3.63) is 58.7 Å². The van der Waals surface area contributed by atoms with Gasteiger partial charge in [-0.2, -0.15) is 0 Å². The van der Waals surface area contributed by atoms with Gasteiger partial charge in [-0.15, -0.1) is 0 Å². The van der Waals surface area contributed by atoms with Gasteiger partial charge in [-0.1, -0.05) is 76.3 Å². The number of fused-ring (bicyclic) bond motifs is 2. The number of carbonyl (C=O) groups excluding carboxylic acids is 2. The fourth-order valence-corrected chi connectivity index (χ4v) is 14.3. The van der Waals surface area contributed by atoms with Crippen molar-refractivity contribution in [1.82, 2.24) is 9.80 Å². The lowest BCUT2D eigenvalue weighted by Gasteiger charge is -2.59. The van der Waals surface area contributed by atoms with Crippen LogP contribution in [0.25, 0.3) is 0 Å². The van der Waals surface area contributed by atoms with Crippen LogP contribution in [0.1, 0.15) is 176 Å². The lowest BCUT2D eigenvalue weighted by atomic mass is 9.52. The highest BCUT2D eigenvalue weighted by Gasteiger charge is 2.55. The Balaban J connectivity index is 0.649. The van der Waals surface area contributed by atoms with E-state index < -0.39 is 0 Å². The first kappa shape index (κ1) is 39.4. The predicted molar refractivity (Wildman–Crippen MR) is 230 cm³/mol. The monoisotopic (exact) mass is 789 g/mol. The number of likely N-dealkylation sites (tertiary alicyclic amines) is 2. The molecule has 6 nitrogen and oxygen atoms in total. The van der Waals surface area contributed by atoms with Crippen LogP contribution in [0, 0.1) is 23.7 Å². The van der Waals surface area contributed by atoms with Gasteiger partial charge in [-0.3, -0.25) is 19.4 Å². The molecule has 2 aromatic carbocycles. The highest BCUT2D eigenvalue weighted by atomic mass is 16.5. The Labute approximate surface area is 349 Å². The Morgan fingerprint density at radius 2 is 0.983 bits per heavy atom. The van der Waals surface area contributed by atoms with Crippen LogP contribution in [0.15, 0.2) is 36.4 Å². The van der Waals surface area contributed by atoms with Crippen LogP contribution >= 0.6 is 0 Å². The summed E-state index contributed by atoms with van der Waals surface area (Å²) in [6, 6.07) is 14.7. The number of ether oxygens (including phenoxy) is 2. The largest absolute Gasteiger partial charge is 0.427 e. The molecule has 2 heterocycles. The van der Waals surface area contributed by atoms with Gasteiger partial charge in [-0.05, 0) is 173 Å². The maximum Gasteiger partial charge on any atom is 0.311 e. The Bertz CT molecular complexity index is 1670. The Hall–Kier alpha value is -2.70. The fraction of sp³-hybridized carbons (Fsp3) is 0.731. The van der Waals surface area contributed by atoms with Crippen molar-refractivity contribution in [1.29, 1.82) is 0 Å². The van der Waals surface area contributed by atoms with E-state index in [0.717, 1.165) is 73.7 Å². The number of hydrogen-bond donors (Lipinski definition) is 0. The van der Waals surface area contributed by atoms with Gasteiger partial charge >= 0.3 is 11.9 Å². The van der Waals surface area contributed by atoms with E-state index in [2.05, 4.69) is 46.2 Å². The van der Waals surface area contributed by atoms with Crippen LogP contribution in [0.3, 0.4) is 0 Å². The first-order valence-electron chi connectivity index (χ1n) is 24.6. The van der Waals surface area contributed by atoms with E-state index in [4.69, 9.17) is 9.47 Å². The van der Waals surface area contributed by atoms with Gasteiger partial charge < -0.3 is 9.47 Å². The van der Waals surface area contributed by atoms with Gasteiger partial charge in [0, 0.05) is 48.8 Å². The Kier molecular flexibility index (Phi) is 11.5. The van der Waals surface area contributed by atoms with Crippen LogP contribution < -0.4 is 9.47 Å². The van der Waals surface area contributed by atoms with Crippen LogP contribution in [0.5, 0.6) is 11.5 Å². The second-order valence-electron chi connectivity index (χ2n) is 20.9.